The lowest BCUT2D eigenvalue weighted by Crippen LogP contribution is -2.29. The third-order valence-electron chi connectivity index (χ3n) is 3.50. The van der Waals surface area contributed by atoms with E-state index in [2.05, 4.69) is 34.3 Å². The second-order valence-electron chi connectivity index (χ2n) is 5.17. The zero-order valence-electron chi connectivity index (χ0n) is 10.8. The number of nitrogens with zero attached hydrogens (tertiary/aromatic N) is 2. The van der Waals surface area contributed by atoms with Gasteiger partial charge in [-0.05, 0) is 26.0 Å². The van der Waals surface area contributed by atoms with E-state index in [0.29, 0.717) is 12.1 Å². The predicted octanol–water partition coefficient (Wildman–Crippen LogP) is 0.909. The molecule has 19 heavy (non-hydrogen) atoms. The standard InChI is InChI=1S/C13H15N5O/c1-13(2)11-8(6-16-13)9(17-18-11)7-4-3-5-15-10(7)12(14)19/h3-5,16H,6H2,1-2H3,(H2,14,19)(H,17,18). The van der Waals surface area contributed by atoms with E-state index < -0.39 is 5.91 Å². The lowest BCUT2D eigenvalue weighted by molar-refractivity contribution is 0.0996. The summed E-state index contributed by atoms with van der Waals surface area (Å²) in [6.07, 6.45) is 1.55. The number of H-pyrrole nitrogens is 1. The van der Waals surface area contributed by atoms with Crippen LogP contribution in [0.15, 0.2) is 18.3 Å². The fraction of sp³-hybridized carbons (Fsp3) is 0.308. The fourth-order valence-electron chi connectivity index (χ4n) is 2.47. The summed E-state index contributed by atoms with van der Waals surface area (Å²) in [4.78, 5) is 15.5. The summed E-state index contributed by atoms with van der Waals surface area (Å²) >= 11 is 0. The third kappa shape index (κ3) is 1.72. The average Bonchev–Trinajstić information content (AvgIpc) is 2.91. The van der Waals surface area contributed by atoms with Crippen molar-refractivity contribution in [1.29, 1.82) is 0 Å². The number of hydrogen-bond donors (Lipinski definition) is 3. The number of amides is 1. The number of nitrogens with two attached hydrogens (primary N) is 1. The van der Waals surface area contributed by atoms with E-state index in [4.69, 9.17) is 5.73 Å². The van der Waals surface area contributed by atoms with Crippen molar-refractivity contribution < 1.29 is 4.79 Å². The van der Waals surface area contributed by atoms with Crippen molar-refractivity contribution in [3.63, 3.8) is 0 Å². The maximum absolute atomic E-state index is 11.5. The first kappa shape index (κ1) is 11.9. The number of aromatic amines is 1. The Balaban J connectivity index is 2.18. The first-order valence-electron chi connectivity index (χ1n) is 6.08. The summed E-state index contributed by atoms with van der Waals surface area (Å²) in [5.41, 5.74) is 9.00. The molecular weight excluding hydrogens is 242 g/mol. The van der Waals surface area contributed by atoms with Gasteiger partial charge >= 0.3 is 0 Å². The average molecular weight is 257 g/mol. The molecule has 2 aromatic heterocycles. The first-order valence-corrected chi connectivity index (χ1v) is 6.08. The van der Waals surface area contributed by atoms with Crippen molar-refractivity contribution in [3.05, 3.63) is 35.3 Å². The topological polar surface area (TPSA) is 96.7 Å². The number of hydrogen-bond acceptors (Lipinski definition) is 4. The van der Waals surface area contributed by atoms with Crippen LogP contribution in [0.3, 0.4) is 0 Å². The first-order chi connectivity index (χ1) is 9.00. The van der Waals surface area contributed by atoms with Gasteiger partial charge in [-0.15, -0.1) is 0 Å². The summed E-state index contributed by atoms with van der Waals surface area (Å²) in [6.45, 7) is 4.87. The minimum absolute atomic E-state index is 0.143. The molecule has 6 heteroatoms. The molecule has 0 saturated carbocycles. The van der Waals surface area contributed by atoms with Crippen molar-refractivity contribution >= 4 is 5.91 Å². The summed E-state index contributed by atoms with van der Waals surface area (Å²) in [5, 5.41) is 10.8. The molecule has 0 spiro atoms. The lowest BCUT2D eigenvalue weighted by Gasteiger charge is -2.17. The Labute approximate surface area is 110 Å². The van der Waals surface area contributed by atoms with Gasteiger partial charge in [0.2, 0.25) is 0 Å². The van der Waals surface area contributed by atoms with Crippen LogP contribution in [0.1, 0.15) is 35.6 Å². The van der Waals surface area contributed by atoms with E-state index in [1.807, 2.05) is 6.07 Å². The largest absolute Gasteiger partial charge is 0.364 e. The highest BCUT2D eigenvalue weighted by molar-refractivity contribution is 5.97. The smallest absolute Gasteiger partial charge is 0.268 e. The molecule has 1 aliphatic rings. The van der Waals surface area contributed by atoms with Gasteiger partial charge in [0, 0.05) is 23.9 Å². The number of carbonyl (C=O) groups is 1. The van der Waals surface area contributed by atoms with Gasteiger partial charge in [0.25, 0.3) is 5.91 Å². The van der Waals surface area contributed by atoms with Crippen LogP contribution >= 0.6 is 0 Å². The monoisotopic (exact) mass is 257 g/mol. The summed E-state index contributed by atoms with van der Waals surface area (Å²) in [6, 6.07) is 3.59. The molecule has 98 valence electrons. The highest BCUT2D eigenvalue weighted by Crippen LogP contribution is 2.35. The SMILES string of the molecule is CC1(C)NCc2c(-c3cccnc3C(N)=O)n[nH]c21. The van der Waals surface area contributed by atoms with Crippen molar-refractivity contribution in [2.75, 3.05) is 0 Å². The number of nitrogens with one attached hydrogen (secondary N) is 2. The Bertz CT molecular complexity index is 659. The van der Waals surface area contributed by atoms with Crippen molar-refractivity contribution in [3.8, 4) is 11.3 Å². The van der Waals surface area contributed by atoms with Crippen LogP contribution in [0.25, 0.3) is 11.3 Å². The second-order valence-corrected chi connectivity index (χ2v) is 5.17. The van der Waals surface area contributed by atoms with Crippen LogP contribution in [-0.2, 0) is 12.1 Å². The van der Waals surface area contributed by atoms with Crippen LogP contribution < -0.4 is 11.1 Å². The van der Waals surface area contributed by atoms with Crippen LogP contribution in [0, 0.1) is 0 Å². The van der Waals surface area contributed by atoms with Gasteiger partial charge in [0.1, 0.15) is 5.69 Å². The van der Waals surface area contributed by atoms with E-state index in [0.717, 1.165) is 17.0 Å². The molecule has 1 amide bonds. The fourth-order valence-corrected chi connectivity index (χ4v) is 2.47. The zero-order chi connectivity index (χ0) is 13.6. The maximum atomic E-state index is 11.5. The van der Waals surface area contributed by atoms with E-state index >= 15 is 0 Å². The summed E-state index contributed by atoms with van der Waals surface area (Å²) < 4.78 is 0. The minimum Gasteiger partial charge on any atom is -0.364 e. The Morgan fingerprint density at radius 2 is 2.26 bits per heavy atom. The minimum atomic E-state index is -0.544. The molecule has 2 aromatic rings. The molecule has 0 aliphatic carbocycles. The lowest BCUT2D eigenvalue weighted by atomic mass is 9.99. The van der Waals surface area contributed by atoms with Gasteiger partial charge in [-0.3, -0.25) is 14.9 Å². The number of carbonyl (C=O) groups excluding carboxylic acids is 1. The van der Waals surface area contributed by atoms with E-state index in [9.17, 15) is 4.79 Å². The molecule has 0 fully saturated rings. The molecule has 0 unspecified atom stereocenters. The zero-order valence-corrected chi connectivity index (χ0v) is 10.8. The Hall–Kier alpha value is -2.21. The molecule has 0 aromatic carbocycles. The van der Waals surface area contributed by atoms with E-state index in [1.54, 1.807) is 12.3 Å². The van der Waals surface area contributed by atoms with Crippen LogP contribution in [-0.4, -0.2) is 21.1 Å². The number of rotatable bonds is 2. The molecule has 3 heterocycles. The van der Waals surface area contributed by atoms with Gasteiger partial charge in [-0.1, -0.05) is 0 Å². The third-order valence-corrected chi connectivity index (χ3v) is 3.50. The predicted molar refractivity (Wildman–Crippen MR) is 70.2 cm³/mol. The van der Waals surface area contributed by atoms with E-state index in [-0.39, 0.29) is 11.2 Å². The summed E-state index contributed by atoms with van der Waals surface area (Å²) in [5.74, 6) is -0.544. The highest BCUT2D eigenvalue weighted by atomic mass is 16.1. The Morgan fingerprint density at radius 1 is 1.47 bits per heavy atom. The normalized spacial score (nSPS) is 16.3. The molecule has 4 N–H and O–H groups in total. The molecule has 0 atom stereocenters. The second kappa shape index (κ2) is 3.89. The van der Waals surface area contributed by atoms with E-state index in [1.165, 1.54) is 0 Å². The van der Waals surface area contributed by atoms with Crippen molar-refractivity contribution in [2.45, 2.75) is 25.9 Å². The van der Waals surface area contributed by atoms with Gasteiger partial charge in [-0.2, -0.15) is 5.10 Å². The van der Waals surface area contributed by atoms with Crippen molar-refractivity contribution in [2.24, 2.45) is 5.73 Å². The van der Waals surface area contributed by atoms with Gasteiger partial charge < -0.3 is 11.1 Å². The molecule has 1 aliphatic heterocycles. The molecular formula is C13H15N5O. The quantitative estimate of drug-likeness (QED) is 0.745. The molecule has 0 saturated heterocycles. The van der Waals surface area contributed by atoms with Crippen LogP contribution in [0.5, 0.6) is 0 Å². The number of aromatic nitrogens is 3. The van der Waals surface area contributed by atoms with Gasteiger partial charge in [0.05, 0.1) is 16.9 Å². The highest BCUT2D eigenvalue weighted by Gasteiger charge is 2.34. The van der Waals surface area contributed by atoms with Gasteiger partial charge in [-0.25, -0.2) is 0 Å². The maximum Gasteiger partial charge on any atom is 0.268 e. The number of pyridine rings is 1. The van der Waals surface area contributed by atoms with Crippen LogP contribution in [0.2, 0.25) is 0 Å². The number of primary amides is 1. The Morgan fingerprint density at radius 3 is 3.00 bits per heavy atom. The number of fused-ring (bicyclic) bond motifs is 1. The Kier molecular flexibility index (Phi) is 2.43. The molecule has 6 nitrogen and oxygen atoms in total. The molecule has 3 rings (SSSR count). The van der Waals surface area contributed by atoms with Crippen LogP contribution in [0.4, 0.5) is 0 Å². The van der Waals surface area contributed by atoms with Crippen molar-refractivity contribution in [1.82, 2.24) is 20.5 Å². The molecule has 0 bridgehead atoms. The van der Waals surface area contributed by atoms with Gasteiger partial charge in [0.15, 0.2) is 0 Å². The summed E-state index contributed by atoms with van der Waals surface area (Å²) in [7, 11) is 0. The molecule has 0 radical (unpaired) electrons.